The van der Waals surface area contributed by atoms with Crippen molar-refractivity contribution in [3.05, 3.63) is 64.7 Å². The summed E-state index contributed by atoms with van der Waals surface area (Å²) in [4.78, 5) is 16.2. The predicted molar refractivity (Wildman–Crippen MR) is 121 cm³/mol. The first-order valence-electron chi connectivity index (χ1n) is 10.7. The normalized spacial score (nSPS) is 14.4. The second-order valence-electron chi connectivity index (χ2n) is 8.12. The van der Waals surface area contributed by atoms with Gasteiger partial charge in [-0.2, -0.15) is 0 Å². The molecule has 0 amide bonds. The number of pyridine rings is 1. The van der Waals surface area contributed by atoms with Crippen molar-refractivity contribution >= 4 is 17.6 Å². The van der Waals surface area contributed by atoms with Gasteiger partial charge in [0.15, 0.2) is 0 Å². The zero-order valence-corrected chi connectivity index (χ0v) is 19.1. The number of hydrogen-bond acceptors (Lipinski definition) is 4. The first-order chi connectivity index (χ1) is 14.8. The fraction of sp³-hybridized carbons (Fsp3) is 0.500. The maximum atomic E-state index is 13.2. The Balaban J connectivity index is 1.84. The van der Waals surface area contributed by atoms with Crippen LogP contribution in [-0.2, 0) is 9.53 Å². The van der Waals surface area contributed by atoms with Gasteiger partial charge in [0.1, 0.15) is 5.82 Å². The quantitative estimate of drug-likeness (QED) is 0.377. The van der Waals surface area contributed by atoms with Crippen LogP contribution in [0.3, 0.4) is 0 Å². The molecular weight excluding hydrogens is 419 g/mol. The largest absolute Gasteiger partial charge is 0.481 e. The summed E-state index contributed by atoms with van der Waals surface area (Å²) >= 11 is 5.93. The SMILES string of the molecule is COC(CC(CCCCN[C@@H](c1ccc(Cl)cn1)C(C)C)C(=O)O)c1ccc(F)cc1. The number of unbranched alkanes of at least 4 members (excludes halogenated alkanes) is 1. The number of carboxylic acids is 1. The van der Waals surface area contributed by atoms with E-state index in [9.17, 15) is 14.3 Å². The molecule has 0 fully saturated rings. The lowest BCUT2D eigenvalue weighted by atomic mass is 9.92. The van der Waals surface area contributed by atoms with E-state index in [1.165, 1.54) is 12.1 Å². The number of aromatic nitrogens is 1. The van der Waals surface area contributed by atoms with Crippen LogP contribution in [0.2, 0.25) is 5.02 Å². The Kier molecular flexibility index (Phi) is 10.4. The third kappa shape index (κ3) is 8.20. The Bertz CT molecular complexity index is 799. The standard InChI is InChI=1S/C24H32ClFN2O3/c1-16(2)23(21-12-9-19(25)15-28-21)27-13-5-4-6-18(24(29)30)14-22(31-3)17-7-10-20(26)11-8-17/h7-12,15-16,18,22-23,27H,4-6,13-14H2,1-3H3,(H,29,30)/t18?,22?,23-/m1/s1. The topological polar surface area (TPSA) is 71.5 Å². The van der Waals surface area contributed by atoms with Gasteiger partial charge in [0.25, 0.3) is 0 Å². The van der Waals surface area contributed by atoms with E-state index in [1.54, 1.807) is 25.4 Å². The van der Waals surface area contributed by atoms with Gasteiger partial charge >= 0.3 is 5.97 Å². The Morgan fingerprint density at radius 3 is 2.45 bits per heavy atom. The van der Waals surface area contributed by atoms with Crippen molar-refractivity contribution in [1.82, 2.24) is 10.3 Å². The molecule has 7 heteroatoms. The Morgan fingerprint density at radius 2 is 1.90 bits per heavy atom. The lowest BCUT2D eigenvalue weighted by Gasteiger charge is -2.23. The minimum atomic E-state index is -0.831. The highest BCUT2D eigenvalue weighted by Crippen LogP contribution is 2.28. The summed E-state index contributed by atoms with van der Waals surface area (Å²) < 4.78 is 18.7. The van der Waals surface area contributed by atoms with Crippen molar-refractivity contribution in [3.8, 4) is 0 Å². The van der Waals surface area contributed by atoms with Crippen molar-refractivity contribution in [2.75, 3.05) is 13.7 Å². The highest BCUT2D eigenvalue weighted by molar-refractivity contribution is 6.30. The summed E-state index contributed by atoms with van der Waals surface area (Å²) in [5, 5.41) is 13.8. The molecule has 1 heterocycles. The van der Waals surface area contributed by atoms with E-state index in [-0.39, 0.29) is 18.0 Å². The number of halogens is 2. The summed E-state index contributed by atoms with van der Waals surface area (Å²) in [7, 11) is 1.55. The number of nitrogens with zero attached hydrogens (tertiary/aromatic N) is 1. The van der Waals surface area contributed by atoms with Crippen molar-refractivity contribution in [2.24, 2.45) is 11.8 Å². The maximum Gasteiger partial charge on any atom is 0.306 e. The molecule has 1 aromatic carbocycles. The molecule has 0 saturated carbocycles. The van der Waals surface area contributed by atoms with Crippen molar-refractivity contribution in [2.45, 2.75) is 51.7 Å². The molecule has 2 aromatic rings. The monoisotopic (exact) mass is 450 g/mol. The molecule has 0 bridgehead atoms. The molecule has 0 aliphatic rings. The molecule has 2 N–H and O–H groups in total. The average molecular weight is 451 g/mol. The van der Waals surface area contributed by atoms with Crippen molar-refractivity contribution in [1.29, 1.82) is 0 Å². The van der Waals surface area contributed by atoms with Crippen LogP contribution in [0.15, 0.2) is 42.6 Å². The average Bonchev–Trinajstić information content (AvgIpc) is 2.74. The maximum absolute atomic E-state index is 13.2. The smallest absolute Gasteiger partial charge is 0.306 e. The van der Waals surface area contributed by atoms with Crippen LogP contribution < -0.4 is 5.32 Å². The van der Waals surface area contributed by atoms with Gasteiger partial charge in [0.05, 0.1) is 28.8 Å². The first kappa shape index (κ1) is 25.2. The van der Waals surface area contributed by atoms with E-state index < -0.39 is 11.9 Å². The molecule has 2 unspecified atom stereocenters. The summed E-state index contributed by atoms with van der Waals surface area (Å²) in [6.07, 6.45) is 3.83. The van der Waals surface area contributed by atoms with Crippen LogP contribution in [0, 0.1) is 17.7 Å². The van der Waals surface area contributed by atoms with Gasteiger partial charge in [-0.25, -0.2) is 4.39 Å². The minimum Gasteiger partial charge on any atom is -0.481 e. The van der Waals surface area contributed by atoms with Crippen LogP contribution in [0.1, 0.15) is 62.9 Å². The van der Waals surface area contributed by atoms with Crippen LogP contribution >= 0.6 is 11.6 Å². The molecule has 0 spiro atoms. The van der Waals surface area contributed by atoms with Gasteiger partial charge in [-0.15, -0.1) is 0 Å². The number of aliphatic carboxylic acids is 1. The molecule has 3 atom stereocenters. The third-order valence-corrected chi connectivity index (χ3v) is 5.68. The summed E-state index contributed by atoms with van der Waals surface area (Å²) in [5.74, 6) is -1.32. The Morgan fingerprint density at radius 1 is 1.19 bits per heavy atom. The van der Waals surface area contributed by atoms with E-state index in [4.69, 9.17) is 16.3 Å². The van der Waals surface area contributed by atoms with Gasteiger partial charge < -0.3 is 15.2 Å². The van der Waals surface area contributed by atoms with Crippen LogP contribution in [0.25, 0.3) is 0 Å². The van der Waals surface area contributed by atoms with Crippen molar-refractivity contribution in [3.63, 3.8) is 0 Å². The molecule has 170 valence electrons. The second-order valence-corrected chi connectivity index (χ2v) is 8.56. The molecule has 0 aliphatic heterocycles. The van der Waals surface area contributed by atoms with E-state index >= 15 is 0 Å². The number of hydrogen-bond donors (Lipinski definition) is 2. The van der Waals surface area contributed by atoms with E-state index in [2.05, 4.69) is 24.1 Å². The number of ether oxygens (including phenoxy) is 1. The number of carbonyl (C=O) groups is 1. The number of benzene rings is 1. The second kappa shape index (κ2) is 12.7. The van der Waals surface area contributed by atoms with E-state index in [1.807, 2.05) is 12.1 Å². The van der Waals surface area contributed by atoms with E-state index in [0.29, 0.717) is 23.8 Å². The van der Waals surface area contributed by atoms with Crippen LogP contribution in [0.5, 0.6) is 0 Å². The van der Waals surface area contributed by atoms with Gasteiger partial charge in [0.2, 0.25) is 0 Å². The minimum absolute atomic E-state index is 0.115. The fourth-order valence-corrected chi connectivity index (χ4v) is 3.78. The predicted octanol–water partition coefficient (Wildman–Crippen LogP) is 5.81. The van der Waals surface area contributed by atoms with Crippen LogP contribution in [-0.4, -0.2) is 29.7 Å². The van der Waals surface area contributed by atoms with Gasteiger partial charge in [-0.05, 0) is 61.6 Å². The third-order valence-electron chi connectivity index (χ3n) is 5.45. The lowest BCUT2D eigenvalue weighted by Crippen LogP contribution is -2.27. The summed E-state index contributed by atoms with van der Waals surface area (Å²) in [6.45, 7) is 5.04. The molecule has 0 aliphatic carbocycles. The highest BCUT2D eigenvalue weighted by Gasteiger charge is 2.23. The molecular formula is C24H32ClFN2O3. The zero-order chi connectivity index (χ0) is 22.8. The number of nitrogens with one attached hydrogen (secondary N) is 1. The number of carboxylic acid groups (broad SMARTS) is 1. The lowest BCUT2D eigenvalue weighted by molar-refractivity contribution is -0.143. The van der Waals surface area contributed by atoms with E-state index in [0.717, 1.165) is 30.6 Å². The van der Waals surface area contributed by atoms with Crippen molar-refractivity contribution < 1.29 is 19.0 Å². The highest BCUT2D eigenvalue weighted by atomic mass is 35.5. The molecule has 0 saturated heterocycles. The molecule has 1 aromatic heterocycles. The first-order valence-corrected chi connectivity index (χ1v) is 11.1. The van der Waals surface area contributed by atoms with Gasteiger partial charge in [-0.1, -0.05) is 44.0 Å². The molecule has 31 heavy (non-hydrogen) atoms. The number of methoxy groups -OCH3 is 1. The zero-order valence-electron chi connectivity index (χ0n) is 18.4. The Labute approximate surface area is 189 Å². The summed E-state index contributed by atoms with van der Waals surface area (Å²) in [6, 6.07) is 9.90. The van der Waals surface area contributed by atoms with Gasteiger partial charge in [0, 0.05) is 13.3 Å². The Hall–Kier alpha value is -2.02. The summed E-state index contributed by atoms with van der Waals surface area (Å²) in [5.41, 5.74) is 1.73. The number of rotatable bonds is 13. The van der Waals surface area contributed by atoms with Crippen LogP contribution in [0.4, 0.5) is 4.39 Å². The fourth-order valence-electron chi connectivity index (χ4n) is 3.67. The van der Waals surface area contributed by atoms with Gasteiger partial charge in [-0.3, -0.25) is 9.78 Å². The molecule has 5 nitrogen and oxygen atoms in total. The molecule has 2 rings (SSSR count). The molecule has 0 radical (unpaired) electrons.